The van der Waals surface area contributed by atoms with E-state index in [1.54, 1.807) is 0 Å². The van der Waals surface area contributed by atoms with Crippen LogP contribution in [0.5, 0.6) is 5.75 Å². The van der Waals surface area contributed by atoms with E-state index in [1.807, 2.05) is 4.72 Å². The number of nitrogens with one attached hydrogen (secondary N) is 1. The van der Waals surface area contributed by atoms with E-state index in [2.05, 4.69) is 4.74 Å². The highest BCUT2D eigenvalue weighted by atomic mass is 32.2. The third kappa shape index (κ3) is 7.60. The number of sulfone groups is 1. The van der Waals surface area contributed by atoms with Crippen LogP contribution in [0.3, 0.4) is 0 Å². The smallest absolute Gasteiger partial charge is 0.406 e. The molecule has 246 valence electrons. The Hall–Kier alpha value is -4.83. The molecular formula is C31H23F5N2O7S2. The van der Waals surface area contributed by atoms with Crippen molar-refractivity contribution in [3.63, 3.8) is 0 Å². The number of aromatic nitrogens is 1. The molecule has 0 bridgehead atoms. The number of sulfonamides is 1. The molecule has 1 aliphatic rings. The van der Waals surface area contributed by atoms with Crippen molar-refractivity contribution < 1.29 is 53.1 Å². The Balaban J connectivity index is 1.73. The minimum Gasteiger partial charge on any atom is -0.406 e. The predicted octanol–water partition coefficient (Wildman–Crippen LogP) is 5.44. The number of rotatable bonds is 9. The number of halogens is 5. The van der Waals surface area contributed by atoms with Crippen LogP contribution in [0.2, 0.25) is 0 Å². The zero-order valence-corrected chi connectivity index (χ0v) is 25.8. The molecule has 4 aromatic rings. The molecule has 1 heterocycles. The van der Waals surface area contributed by atoms with Crippen LogP contribution in [0, 0.1) is 11.6 Å². The number of Topliss-reactive ketones (excluding diaryl/α,β-unsaturated/α-hetero) is 1. The van der Waals surface area contributed by atoms with Gasteiger partial charge >= 0.3 is 6.36 Å². The Morgan fingerprint density at radius 1 is 1.00 bits per heavy atom. The maximum absolute atomic E-state index is 14.9. The molecule has 0 spiro atoms. The summed E-state index contributed by atoms with van der Waals surface area (Å²) in [6.45, 7) is -0.550. The number of hydrogen-bond acceptors (Lipinski definition) is 7. The second kappa shape index (κ2) is 12.4. The third-order valence-corrected chi connectivity index (χ3v) is 9.15. The number of ether oxygens (including phenoxy) is 1. The van der Waals surface area contributed by atoms with Gasteiger partial charge in [-0.25, -0.2) is 30.3 Å². The number of carbonyl (C=O) groups is 2. The Bertz CT molecular complexity index is 2220. The topological polar surface area (TPSA) is 129 Å². The van der Waals surface area contributed by atoms with Gasteiger partial charge in [0.2, 0.25) is 0 Å². The normalized spacial score (nSPS) is 13.9. The molecule has 1 N–H and O–H groups in total. The van der Waals surface area contributed by atoms with E-state index >= 15 is 0 Å². The van der Waals surface area contributed by atoms with Crippen molar-refractivity contribution in [2.45, 2.75) is 30.0 Å². The quantitative estimate of drug-likeness (QED) is 0.231. The van der Waals surface area contributed by atoms with Crippen molar-refractivity contribution in [1.29, 1.82) is 0 Å². The number of allylic oxidation sites excluding steroid dienone is 4. The fraction of sp³-hybridized carbons (Fsp3) is 0.161. The van der Waals surface area contributed by atoms with Gasteiger partial charge in [-0.05, 0) is 42.0 Å². The van der Waals surface area contributed by atoms with E-state index in [-0.39, 0.29) is 39.6 Å². The highest BCUT2D eigenvalue weighted by Crippen LogP contribution is 2.38. The molecule has 16 heteroatoms. The molecule has 1 aromatic heterocycles. The van der Waals surface area contributed by atoms with Crippen LogP contribution in [0.4, 0.5) is 22.0 Å². The fourth-order valence-corrected chi connectivity index (χ4v) is 6.93. The number of hydrogen-bond donors (Lipinski definition) is 1. The molecule has 5 rings (SSSR count). The molecule has 47 heavy (non-hydrogen) atoms. The summed E-state index contributed by atoms with van der Waals surface area (Å²) in [5.74, 6) is -5.09. The Morgan fingerprint density at radius 3 is 2.40 bits per heavy atom. The van der Waals surface area contributed by atoms with Gasteiger partial charge in [-0.3, -0.25) is 9.59 Å². The van der Waals surface area contributed by atoms with E-state index < -0.39 is 78.2 Å². The first-order valence-electron chi connectivity index (χ1n) is 13.5. The second-order valence-electron chi connectivity index (χ2n) is 10.6. The van der Waals surface area contributed by atoms with E-state index in [1.165, 1.54) is 30.4 Å². The van der Waals surface area contributed by atoms with Crippen LogP contribution in [0.15, 0.2) is 83.8 Å². The van der Waals surface area contributed by atoms with Gasteiger partial charge in [0.05, 0.1) is 17.2 Å². The molecule has 0 atom stereocenters. The Kier molecular flexibility index (Phi) is 8.85. The number of amides is 1. The summed E-state index contributed by atoms with van der Waals surface area (Å²) in [7, 11) is -8.31. The summed E-state index contributed by atoms with van der Waals surface area (Å²) in [6, 6.07) is 10.3. The molecule has 1 aliphatic carbocycles. The van der Waals surface area contributed by atoms with E-state index in [9.17, 15) is 48.4 Å². The maximum atomic E-state index is 14.9. The third-order valence-electron chi connectivity index (χ3n) is 6.96. The zero-order valence-electron chi connectivity index (χ0n) is 24.1. The summed E-state index contributed by atoms with van der Waals surface area (Å²) in [5, 5.41) is -0.137. The lowest BCUT2D eigenvalue weighted by atomic mass is 9.93. The summed E-state index contributed by atoms with van der Waals surface area (Å²) < 4.78 is 126. The Labute approximate surface area is 264 Å². The average Bonchev–Trinajstić information content (AvgIpc) is 3.26. The average molecular weight is 695 g/mol. The van der Waals surface area contributed by atoms with Crippen molar-refractivity contribution in [3.8, 4) is 5.75 Å². The number of benzene rings is 3. The van der Waals surface area contributed by atoms with Crippen molar-refractivity contribution in [3.05, 3.63) is 113 Å². The van der Waals surface area contributed by atoms with Crippen molar-refractivity contribution in [1.82, 2.24) is 9.29 Å². The molecule has 3 aromatic carbocycles. The van der Waals surface area contributed by atoms with Gasteiger partial charge in [0, 0.05) is 46.3 Å². The molecule has 9 nitrogen and oxygen atoms in total. The van der Waals surface area contributed by atoms with Gasteiger partial charge in [0.15, 0.2) is 15.6 Å². The first-order chi connectivity index (χ1) is 21.9. The highest BCUT2D eigenvalue weighted by Gasteiger charge is 2.34. The van der Waals surface area contributed by atoms with Crippen LogP contribution in [-0.4, -0.2) is 45.7 Å². The van der Waals surface area contributed by atoms with Gasteiger partial charge in [0.1, 0.15) is 23.1 Å². The number of carbonyl (C=O) groups excluding carboxylic acids is 2. The fourth-order valence-electron chi connectivity index (χ4n) is 5.12. The first kappa shape index (κ1) is 33.5. The summed E-state index contributed by atoms with van der Waals surface area (Å²) in [6.07, 6.45) is -0.0822. The maximum Gasteiger partial charge on any atom is 0.573 e. The lowest BCUT2D eigenvalue weighted by molar-refractivity contribution is -0.274. The largest absolute Gasteiger partial charge is 0.573 e. The van der Waals surface area contributed by atoms with Crippen molar-refractivity contribution in [2.75, 3.05) is 6.26 Å². The molecule has 0 saturated heterocycles. The van der Waals surface area contributed by atoms with E-state index in [0.29, 0.717) is 6.07 Å². The standard InChI is InChI=1S/C31H23F5N2O7S2/c1-46(41,42)17-18-5-4-6-22(13-18)47(43,44)37-30(40)29-28(23-7-2-3-8-27(23)39)24-15-21(45-31(34,35)36)11-12-26(24)38(29)16-19-9-10-20(32)14-25(19)33/h2-7,9-15H,8,16-17H2,1H3,(H,37,40). The van der Waals surface area contributed by atoms with E-state index in [0.717, 1.165) is 53.3 Å². The van der Waals surface area contributed by atoms with Gasteiger partial charge in [-0.2, -0.15) is 0 Å². The minimum atomic E-state index is -5.11. The van der Waals surface area contributed by atoms with Gasteiger partial charge in [-0.1, -0.05) is 36.4 Å². The number of alkyl halides is 3. The van der Waals surface area contributed by atoms with Crippen LogP contribution < -0.4 is 9.46 Å². The van der Waals surface area contributed by atoms with E-state index in [4.69, 9.17) is 0 Å². The highest BCUT2D eigenvalue weighted by molar-refractivity contribution is 7.90. The predicted molar refractivity (Wildman–Crippen MR) is 160 cm³/mol. The molecule has 0 saturated carbocycles. The molecule has 0 fully saturated rings. The lowest BCUT2D eigenvalue weighted by Gasteiger charge is -2.15. The Morgan fingerprint density at radius 2 is 1.74 bits per heavy atom. The molecule has 0 aliphatic heterocycles. The van der Waals surface area contributed by atoms with Crippen LogP contribution in [0.1, 0.15) is 33.6 Å². The lowest BCUT2D eigenvalue weighted by Crippen LogP contribution is -2.33. The second-order valence-corrected chi connectivity index (χ2v) is 14.4. The van der Waals surface area contributed by atoms with Crippen molar-refractivity contribution in [2.24, 2.45) is 0 Å². The molecule has 0 radical (unpaired) electrons. The van der Waals surface area contributed by atoms with Crippen LogP contribution >= 0.6 is 0 Å². The molecular weight excluding hydrogens is 671 g/mol. The van der Waals surface area contributed by atoms with Crippen molar-refractivity contribution >= 4 is 48.0 Å². The number of nitrogens with zero attached hydrogens (tertiary/aromatic N) is 1. The number of fused-ring (bicyclic) bond motifs is 1. The first-order valence-corrected chi connectivity index (χ1v) is 17.1. The molecule has 1 amide bonds. The molecule has 0 unspecified atom stereocenters. The summed E-state index contributed by atoms with van der Waals surface area (Å²) in [4.78, 5) is 26.6. The summed E-state index contributed by atoms with van der Waals surface area (Å²) in [5.41, 5.74) is -1.05. The van der Waals surface area contributed by atoms with Gasteiger partial charge in [0.25, 0.3) is 15.9 Å². The summed E-state index contributed by atoms with van der Waals surface area (Å²) >= 11 is 0. The van der Waals surface area contributed by atoms with Gasteiger partial charge in [-0.15, -0.1) is 13.2 Å². The van der Waals surface area contributed by atoms with Crippen LogP contribution in [-0.2, 0) is 37.0 Å². The van der Waals surface area contributed by atoms with Crippen LogP contribution in [0.25, 0.3) is 16.5 Å². The minimum absolute atomic E-state index is 0.0146. The SMILES string of the molecule is CS(=O)(=O)Cc1cccc(S(=O)(=O)NC(=O)c2c(C3=CC=CCC3=O)c3cc(OC(F)(F)F)ccc3n2Cc2ccc(F)cc2F)c1. The van der Waals surface area contributed by atoms with Gasteiger partial charge < -0.3 is 9.30 Å². The number of ketones is 1. The monoisotopic (exact) mass is 694 g/mol. The zero-order chi connectivity index (χ0) is 34.3.